The van der Waals surface area contributed by atoms with Crippen molar-refractivity contribution >= 4 is 28.4 Å². The second-order valence-electron chi connectivity index (χ2n) is 5.05. The smallest absolute Gasteiger partial charge is 0.254 e. The van der Waals surface area contributed by atoms with Crippen LogP contribution in [0.3, 0.4) is 0 Å². The Bertz CT molecular complexity index is 807. The van der Waals surface area contributed by atoms with Crippen molar-refractivity contribution in [2.24, 2.45) is 7.05 Å². The SMILES string of the molecule is Cn1cc(C(=O)NCCCn2ncc3c(Cl)cccc32)cn1. The number of carbonyl (C=O) groups is 1. The van der Waals surface area contributed by atoms with Crippen molar-refractivity contribution in [2.45, 2.75) is 13.0 Å². The van der Waals surface area contributed by atoms with Crippen molar-refractivity contribution in [1.82, 2.24) is 24.9 Å². The topological polar surface area (TPSA) is 64.7 Å². The third-order valence-corrected chi connectivity index (χ3v) is 3.76. The number of aryl methyl sites for hydroxylation is 2. The highest BCUT2D eigenvalue weighted by Crippen LogP contribution is 2.22. The van der Waals surface area contributed by atoms with E-state index in [4.69, 9.17) is 11.6 Å². The minimum Gasteiger partial charge on any atom is -0.352 e. The van der Waals surface area contributed by atoms with E-state index in [0.717, 1.165) is 23.9 Å². The van der Waals surface area contributed by atoms with Crippen LogP contribution in [0.2, 0.25) is 5.02 Å². The highest BCUT2D eigenvalue weighted by Gasteiger charge is 2.08. The number of carbonyl (C=O) groups excluding carboxylic acids is 1. The summed E-state index contributed by atoms with van der Waals surface area (Å²) in [5, 5.41) is 12.8. The molecule has 22 heavy (non-hydrogen) atoms. The molecule has 0 fully saturated rings. The van der Waals surface area contributed by atoms with Crippen molar-refractivity contribution < 1.29 is 4.79 Å². The predicted molar refractivity (Wildman–Crippen MR) is 84.9 cm³/mol. The molecule has 3 rings (SSSR count). The lowest BCUT2D eigenvalue weighted by molar-refractivity contribution is 0.0952. The van der Waals surface area contributed by atoms with Gasteiger partial charge in [0.05, 0.1) is 28.5 Å². The highest BCUT2D eigenvalue weighted by atomic mass is 35.5. The van der Waals surface area contributed by atoms with Gasteiger partial charge >= 0.3 is 0 Å². The van der Waals surface area contributed by atoms with Crippen LogP contribution in [0, 0.1) is 0 Å². The van der Waals surface area contributed by atoms with Gasteiger partial charge in [-0.3, -0.25) is 14.2 Å². The fourth-order valence-corrected chi connectivity index (χ4v) is 2.54. The second kappa shape index (κ2) is 6.19. The average Bonchev–Trinajstić information content (AvgIpc) is 3.11. The second-order valence-corrected chi connectivity index (χ2v) is 5.46. The van der Waals surface area contributed by atoms with Gasteiger partial charge in [0, 0.05) is 31.7 Å². The van der Waals surface area contributed by atoms with Crippen LogP contribution >= 0.6 is 11.6 Å². The number of rotatable bonds is 5. The fraction of sp³-hybridized carbons (Fsp3) is 0.267. The molecule has 0 aliphatic carbocycles. The number of amides is 1. The Morgan fingerprint density at radius 2 is 2.18 bits per heavy atom. The number of hydrogen-bond donors (Lipinski definition) is 1. The minimum absolute atomic E-state index is 0.110. The Balaban J connectivity index is 1.54. The molecule has 0 aliphatic heterocycles. The summed E-state index contributed by atoms with van der Waals surface area (Å²) in [5.41, 5.74) is 1.57. The summed E-state index contributed by atoms with van der Waals surface area (Å²) in [6.45, 7) is 1.30. The lowest BCUT2D eigenvalue weighted by atomic mass is 10.2. The van der Waals surface area contributed by atoms with Crippen molar-refractivity contribution in [3.63, 3.8) is 0 Å². The van der Waals surface area contributed by atoms with Gasteiger partial charge in [0.2, 0.25) is 0 Å². The quantitative estimate of drug-likeness (QED) is 0.734. The summed E-state index contributed by atoms with van der Waals surface area (Å²) in [5.74, 6) is -0.110. The lowest BCUT2D eigenvalue weighted by Crippen LogP contribution is -2.25. The molecule has 114 valence electrons. The van der Waals surface area contributed by atoms with Crippen LogP contribution in [0.15, 0.2) is 36.8 Å². The van der Waals surface area contributed by atoms with E-state index in [-0.39, 0.29) is 5.91 Å². The van der Waals surface area contributed by atoms with Crippen LogP contribution in [-0.2, 0) is 13.6 Å². The van der Waals surface area contributed by atoms with Gasteiger partial charge in [-0.2, -0.15) is 10.2 Å². The van der Waals surface area contributed by atoms with Crippen LogP contribution in [0.4, 0.5) is 0 Å². The number of nitrogens with zero attached hydrogens (tertiary/aromatic N) is 4. The molecule has 0 saturated carbocycles. The Morgan fingerprint density at radius 1 is 1.32 bits per heavy atom. The molecule has 1 amide bonds. The Kier molecular flexibility index (Phi) is 4.11. The van der Waals surface area contributed by atoms with Crippen molar-refractivity contribution in [1.29, 1.82) is 0 Å². The van der Waals surface area contributed by atoms with Crippen molar-refractivity contribution in [3.8, 4) is 0 Å². The van der Waals surface area contributed by atoms with E-state index >= 15 is 0 Å². The minimum atomic E-state index is -0.110. The molecule has 3 aromatic rings. The summed E-state index contributed by atoms with van der Waals surface area (Å²) in [4.78, 5) is 11.9. The summed E-state index contributed by atoms with van der Waals surface area (Å²) in [6.07, 6.45) is 5.80. The molecule has 0 bridgehead atoms. The van der Waals surface area contributed by atoms with E-state index < -0.39 is 0 Å². The first-order valence-electron chi connectivity index (χ1n) is 7.02. The van der Waals surface area contributed by atoms with Gasteiger partial charge in [-0.25, -0.2) is 0 Å². The van der Waals surface area contributed by atoms with E-state index in [2.05, 4.69) is 15.5 Å². The average molecular weight is 318 g/mol. The van der Waals surface area contributed by atoms with E-state index in [1.165, 1.54) is 0 Å². The van der Waals surface area contributed by atoms with Crippen LogP contribution in [0.5, 0.6) is 0 Å². The molecule has 0 saturated heterocycles. The first kappa shape index (κ1) is 14.6. The zero-order valence-corrected chi connectivity index (χ0v) is 12.9. The molecule has 2 aromatic heterocycles. The van der Waals surface area contributed by atoms with E-state index in [1.54, 1.807) is 30.3 Å². The molecule has 0 radical (unpaired) electrons. The Hall–Kier alpha value is -2.34. The molecule has 1 aromatic carbocycles. The predicted octanol–water partition coefficient (Wildman–Crippen LogP) is 2.24. The van der Waals surface area contributed by atoms with E-state index in [9.17, 15) is 4.79 Å². The summed E-state index contributed by atoms with van der Waals surface area (Å²) >= 11 is 6.12. The molecular weight excluding hydrogens is 302 g/mol. The molecule has 0 spiro atoms. The molecule has 0 atom stereocenters. The van der Waals surface area contributed by atoms with Crippen molar-refractivity contribution in [2.75, 3.05) is 6.54 Å². The molecule has 7 heteroatoms. The maximum atomic E-state index is 11.9. The van der Waals surface area contributed by atoms with Gasteiger partial charge in [-0.1, -0.05) is 17.7 Å². The van der Waals surface area contributed by atoms with Gasteiger partial charge in [0.25, 0.3) is 5.91 Å². The fourth-order valence-electron chi connectivity index (χ4n) is 2.32. The normalized spacial score (nSPS) is 11.0. The zero-order chi connectivity index (χ0) is 15.5. The number of nitrogens with one attached hydrogen (secondary N) is 1. The molecule has 2 heterocycles. The van der Waals surface area contributed by atoms with Gasteiger partial charge in [-0.05, 0) is 18.6 Å². The number of benzene rings is 1. The largest absolute Gasteiger partial charge is 0.352 e. The zero-order valence-electron chi connectivity index (χ0n) is 12.2. The lowest BCUT2D eigenvalue weighted by Gasteiger charge is -2.05. The molecule has 0 aliphatic rings. The third-order valence-electron chi connectivity index (χ3n) is 3.43. The highest BCUT2D eigenvalue weighted by molar-refractivity contribution is 6.35. The molecule has 6 nitrogen and oxygen atoms in total. The van der Waals surface area contributed by atoms with E-state index in [0.29, 0.717) is 17.1 Å². The first-order chi connectivity index (χ1) is 10.6. The van der Waals surface area contributed by atoms with Gasteiger partial charge in [0.15, 0.2) is 0 Å². The Labute approximate surface area is 132 Å². The summed E-state index contributed by atoms with van der Waals surface area (Å²) in [7, 11) is 1.78. The van der Waals surface area contributed by atoms with Crippen LogP contribution in [-0.4, -0.2) is 32.0 Å². The maximum Gasteiger partial charge on any atom is 0.254 e. The number of aromatic nitrogens is 4. The molecule has 0 unspecified atom stereocenters. The Morgan fingerprint density at radius 3 is 2.95 bits per heavy atom. The summed E-state index contributed by atoms with van der Waals surface area (Å²) in [6, 6.07) is 5.75. The van der Waals surface area contributed by atoms with Gasteiger partial charge in [-0.15, -0.1) is 0 Å². The van der Waals surface area contributed by atoms with Crippen LogP contribution in [0.25, 0.3) is 10.9 Å². The van der Waals surface area contributed by atoms with E-state index in [1.807, 2.05) is 22.9 Å². The van der Waals surface area contributed by atoms with Gasteiger partial charge < -0.3 is 5.32 Å². The van der Waals surface area contributed by atoms with Gasteiger partial charge in [0.1, 0.15) is 0 Å². The van der Waals surface area contributed by atoms with Crippen LogP contribution < -0.4 is 5.32 Å². The molecule has 1 N–H and O–H groups in total. The standard InChI is InChI=1S/C15H16ClN5O/c1-20-10-11(8-18-20)15(22)17-6-3-7-21-14-5-2-4-13(16)12(14)9-19-21/h2,4-5,8-10H,3,6-7H2,1H3,(H,17,22). The monoisotopic (exact) mass is 317 g/mol. The molecular formula is C15H16ClN5O. The number of halogens is 1. The third kappa shape index (κ3) is 2.96. The first-order valence-corrected chi connectivity index (χ1v) is 7.40. The maximum absolute atomic E-state index is 11.9. The number of fused-ring (bicyclic) bond motifs is 1. The van der Waals surface area contributed by atoms with Crippen molar-refractivity contribution in [3.05, 3.63) is 47.4 Å². The summed E-state index contributed by atoms with van der Waals surface area (Å²) < 4.78 is 3.51. The number of hydrogen-bond acceptors (Lipinski definition) is 3. The van der Waals surface area contributed by atoms with Crippen LogP contribution in [0.1, 0.15) is 16.8 Å².